The summed E-state index contributed by atoms with van der Waals surface area (Å²) in [4.78, 5) is 21.3. The third-order valence-corrected chi connectivity index (χ3v) is 5.77. The standard InChI is InChI=1S/C25H21F2N3O3/c1-32-17-7-9-22-19(15-17)24(28-21-4-2-3-5-23(21)33-22)29-10-12-30(13-11-29)25(31)18-8-6-16(26)14-20(18)27/h2-9,14-15H,10-13H2,1H3. The van der Waals surface area contributed by atoms with Gasteiger partial charge in [-0.25, -0.2) is 13.8 Å². The predicted octanol–water partition coefficient (Wildman–Crippen LogP) is 4.62. The van der Waals surface area contributed by atoms with Gasteiger partial charge < -0.3 is 19.3 Å². The Balaban J connectivity index is 1.43. The largest absolute Gasteiger partial charge is 0.497 e. The van der Waals surface area contributed by atoms with Crippen LogP contribution in [-0.4, -0.2) is 54.8 Å². The van der Waals surface area contributed by atoms with Gasteiger partial charge in [0.15, 0.2) is 5.75 Å². The van der Waals surface area contributed by atoms with E-state index in [1.54, 1.807) is 12.0 Å². The van der Waals surface area contributed by atoms with E-state index in [2.05, 4.69) is 4.90 Å². The number of hydrogen-bond donors (Lipinski definition) is 0. The first-order chi connectivity index (χ1) is 16.0. The maximum Gasteiger partial charge on any atom is 0.256 e. The van der Waals surface area contributed by atoms with Crippen LogP contribution in [0.1, 0.15) is 15.9 Å². The lowest BCUT2D eigenvalue weighted by Gasteiger charge is -2.36. The predicted molar refractivity (Wildman–Crippen MR) is 120 cm³/mol. The third kappa shape index (κ3) is 4.00. The Hall–Kier alpha value is -3.94. The summed E-state index contributed by atoms with van der Waals surface area (Å²) in [7, 11) is 1.60. The Labute approximate surface area is 189 Å². The molecule has 3 aromatic carbocycles. The highest BCUT2D eigenvalue weighted by atomic mass is 19.1. The van der Waals surface area contributed by atoms with Crippen molar-refractivity contribution in [1.29, 1.82) is 0 Å². The Kier molecular flexibility index (Phi) is 5.42. The van der Waals surface area contributed by atoms with Crippen molar-refractivity contribution in [2.45, 2.75) is 0 Å². The summed E-state index contributed by atoms with van der Waals surface area (Å²) in [5.41, 5.74) is 1.36. The monoisotopic (exact) mass is 449 g/mol. The molecule has 1 fully saturated rings. The van der Waals surface area contributed by atoms with E-state index in [1.807, 2.05) is 42.5 Å². The summed E-state index contributed by atoms with van der Waals surface area (Å²) in [5, 5.41) is 0. The minimum atomic E-state index is -0.856. The summed E-state index contributed by atoms with van der Waals surface area (Å²) in [5.74, 6) is 0.685. The van der Waals surface area contributed by atoms with Gasteiger partial charge in [0.1, 0.15) is 34.7 Å². The molecule has 0 radical (unpaired) electrons. The fourth-order valence-electron chi connectivity index (χ4n) is 4.02. The van der Waals surface area contributed by atoms with Crippen LogP contribution in [-0.2, 0) is 0 Å². The Morgan fingerprint density at radius 3 is 2.52 bits per heavy atom. The van der Waals surface area contributed by atoms with Crippen LogP contribution in [0.3, 0.4) is 0 Å². The second-order valence-corrected chi connectivity index (χ2v) is 7.77. The molecule has 3 aromatic rings. The molecule has 0 N–H and O–H groups in total. The van der Waals surface area contributed by atoms with Crippen molar-refractivity contribution in [2.24, 2.45) is 4.99 Å². The minimum absolute atomic E-state index is 0.130. The molecule has 0 unspecified atom stereocenters. The second-order valence-electron chi connectivity index (χ2n) is 7.77. The van der Waals surface area contributed by atoms with Gasteiger partial charge in [-0.3, -0.25) is 4.79 Å². The summed E-state index contributed by atoms with van der Waals surface area (Å²) >= 11 is 0. The number of piperazine rings is 1. The molecule has 2 aliphatic rings. The zero-order valence-electron chi connectivity index (χ0n) is 17.9. The van der Waals surface area contributed by atoms with Crippen molar-refractivity contribution < 1.29 is 23.0 Å². The molecule has 1 amide bonds. The lowest BCUT2D eigenvalue weighted by Crippen LogP contribution is -2.51. The molecule has 33 heavy (non-hydrogen) atoms. The van der Waals surface area contributed by atoms with Crippen molar-refractivity contribution in [2.75, 3.05) is 33.3 Å². The number of nitrogens with zero attached hydrogens (tertiary/aromatic N) is 3. The summed E-state index contributed by atoms with van der Waals surface area (Å²) in [6.45, 7) is 1.73. The van der Waals surface area contributed by atoms with Gasteiger partial charge in [-0.15, -0.1) is 0 Å². The fraction of sp³-hybridized carbons (Fsp3) is 0.200. The zero-order chi connectivity index (χ0) is 22.9. The number of carbonyl (C=O) groups excluding carboxylic acids is 1. The highest BCUT2D eigenvalue weighted by Gasteiger charge is 2.29. The van der Waals surface area contributed by atoms with Crippen LogP contribution < -0.4 is 9.47 Å². The number of rotatable bonds is 2. The summed E-state index contributed by atoms with van der Waals surface area (Å²) in [6, 6.07) is 16.1. The van der Waals surface area contributed by atoms with Crippen LogP contribution in [0, 0.1) is 11.6 Å². The number of amidine groups is 1. The van der Waals surface area contributed by atoms with Crippen LogP contribution in [0.15, 0.2) is 65.7 Å². The quantitative estimate of drug-likeness (QED) is 0.573. The smallest absolute Gasteiger partial charge is 0.256 e. The maximum atomic E-state index is 14.1. The van der Waals surface area contributed by atoms with Crippen molar-refractivity contribution in [3.63, 3.8) is 0 Å². The first kappa shape index (κ1) is 20.9. The van der Waals surface area contributed by atoms with E-state index >= 15 is 0 Å². The van der Waals surface area contributed by atoms with Crippen LogP contribution in [0.25, 0.3) is 0 Å². The first-order valence-corrected chi connectivity index (χ1v) is 10.6. The number of ether oxygens (including phenoxy) is 2. The fourth-order valence-corrected chi connectivity index (χ4v) is 4.02. The van der Waals surface area contributed by atoms with Gasteiger partial charge in [0.25, 0.3) is 5.91 Å². The Morgan fingerprint density at radius 1 is 0.970 bits per heavy atom. The normalized spacial score (nSPS) is 15.1. The molecule has 168 valence electrons. The molecule has 1 saturated heterocycles. The average molecular weight is 449 g/mol. The highest BCUT2D eigenvalue weighted by molar-refractivity contribution is 6.04. The van der Waals surface area contributed by atoms with Crippen LogP contribution in [0.4, 0.5) is 14.5 Å². The van der Waals surface area contributed by atoms with Crippen LogP contribution in [0.5, 0.6) is 17.2 Å². The number of halogens is 2. The molecule has 0 saturated carbocycles. The van der Waals surface area contributed by atoms with E-state index in [0.717, 1.165) is 17.7 Å². The van der Waals surface area contributed by atoms with E-state index in [9.17, 15) is 13.6 Å². The molecule has 0 aromatic heterocycles. The minimum Gasteiger partial charge on any atom is -0.497 e. The molecule has 5 rings (SSSR count). The van der Waals surface area contributed by atoms with Gasteiger partial charge in [0.2, 0.25) is 0 Å². The number of aliphatic imine (C=N–C) groups is 1. The lowest BCUT2D eigenvalue weighted by molar-refractivity contribution is 0.0687. The number of para-hydroxylation sites is 2. The highest BCUT2D eigenvalue weighted by Crippen LogP contribution is 2.39. The van der Waals surface area contributed by atoms with Crippen molar-refractivity contribution in [3.8, 4) is 17.2 Å². The second kappa shape index (κ2) is 8.54. The number of hydrogen-bond acceptors (Lipinski definition) is 5. The van der Waals surface area contributed by atoms with Gasteiger partial charge in [0.05, 0.1) is 18.2 Å². The van der Waals surface area contributed by atoms with Crippen LogP contribution >= 0.6 is 0 Å². The molecule has 0 atom stereocenters. The first-order valence-electron chi connectivity index (χ1n) is 10.6. The van der Waals surface area contributed by atoms with Gasteiger partial charge in [0, 0.05) is 32.2 Å². The maximum absolute atomic E-state index is 14.1. The van der Waals surface area contributed by atoms with Crippen molar-refractivity contribution in [3.05, 3.63) is 83.4 Å². The van der Waals surface area contributed by atoms with E-state index in [0.29, 0.717) is 55.0 Å². The third-order valence-electron chi connectivity index (χ3n) is 5.77. The van der Waals surface area contributed by atoms with E-state index in [-0.39, 0.29) is 5.56 Å². The molecular formula is C25H21F2N3O3. The van der Waals surface area contributed by atoms with Gasteiger partial charge in [-0.2, -0.15) is 0 Å². The number of methoxy groups -OCH3 is 1. The number of fused-ring (bicyclic) bond motifs is 2. The van der Waals surface area contributed by atoms with Gasteiger partial charge >= 0.3 is 0 Å². The number of benzene rings is 3. The summed E-state index contributed by atoms with van der Waals surface area (Å²) < 4.78 is 38.9. The number of amides is 1. The van der Waals surface area contributed by atoms with E-state index in [4.69, 9.17) is 14.5 Å². The molecule has 2 heterocycles. The number of carbonyl (C=O) groups is 1. The lowest BCUT2D eigenvalue weighted by atomic mass is 10.1. The Bertz CT molecular complexity index is 1250. The molecule has 0 bridgehead atoms. The molecule has 0 spiro atoms. The van der Waals surface area contributed by atoms with Crippen molar-refractivity contribution >= 4 is 17.4 Å². The molecular weight excluding hydrogens is 428 g/mol. The average Bonchev–Trinajstić information content (AvgIpc) is 3.00. The SMILES string of the molecule is COc1ccc2c(c1)C(N1CCN(C(=O)c3ccc(F)cc3F)CC1)=Nc1ccccc1O2. The van der Waals surface area contributed by atoms with E-state index in [1.165, 1.54) is 6.07 Å². The summed E-state index contributed by atoms with van der Waals surface area (Å²) in [6.07, 6.45) is 0. The van der Waals surface area contributed by atoms with E-state index < -0.39 is 17.5 Å². The topological polar surface area (TPSA) is 54.4 Å². The molecule has 6 nitrogen and oxygen atoms in total. The molecule has 0 aliphatic carbocycles. The Morgan fingerprint density at radius 2 is 1.76 bits per heavy atom. The molecule has 8 heteroatoms. The van der Waals surface area contributed by atoms with Gasteiger partial charge in [-0.1, -0.05) is 12.1 Å². The zero-order valence-corrected chi connectivity index (χ0v) is 17.9. The molecule has 2 aliphatic heterocycles. The van der Waals surface area contributed by atoms with Crippen molar-refractivity contribution in [1.82, 2.24) is 9.80 Å². The van der Waals surface area contributed by atoms with Gasteiger partial charge in [-0.05, 0) is 42.5 Å². The van der Waals surface area contributed by atoms with Crippen LogP contribution in [0.2, 0.25) is 0 Å².